The third-order valence-corrected chi connectivity index (χ3v) is 5.41. The average molecular weight is 446 g/mol. The maximum atomic E-state index is 11.3. The van der Waals surface area contributed by atoms with Gasteiger partial charge in [0.15, 0.2) is 5.60 Å². The number of hydrogen-bond acceptors (Lipinski definition) is 5. The zero-order valence-electron chi connectivity index (χ0n) is 17.9. The molecular weight excluding hydrogens is 418 g/mol. The molecule has 2 aromatic carbocycles. The lowest BCUT2D eigenvalue weighted by atomic mass is 10.1. The Kier molecular flexibility index (Phi) is 6.59. The van der Waals surface area contributed by atoms with Crippen LogP contribution in [-0.2, 0) is 27.9 Å². The number of fused-ring (bicyclic) bond motifs is 1. The highest BCUT2D eigenvalue weighted by Gasteiger charge is 2.29. The number of unbranched alkanes of at least 4 members (excludes halogenated alkanes) is 1. The van der Waals surface area contributed by atoms with Crippen LogP contribution in [0, 0.1) is 0 Å². The van der Waals surface area contributed by atoms with Gasteiger partial charge < -0.3 is 18.6 Å². The Morgan fingerprint density at radius 1 is 1.03 bits per heavy atom. The van der Waals surface area contributed by atoms with Gasteiger partial charge in [0.05, 0.1) is 6.26 Å². The van der Waals surface area contributed by atoms with Crippen LogP contribution in [0.3, 0.4) is 0 Å². The van der Waals surface area contributed by atoms with Crippen molar-refractivity contribution >= 4 is 27.0 Å². The van der Waals surface area contributed by atoms with Crippen LogP contribution >= 0.6 is 0 Å². The smallest absolute Gasteiger partial charge is 0.347 e. The summed E-state index contributed by atoms with van der Waals surface area (Å²) in [5.74, 6) is -0.158. The van der Waals surface area contributed by atoms with Crippen LogP contribution in [0.5, 0.6) is 11.5 Å². The van der Waals surface area contributed by atoms with E-state index in [1.54, 1.807) is 24.3 Å². The SMILES string of the molecule is CC(C)(Oc1ccc(CCCCn2ccc3cc(OS(C)(=O)=O)ccc32)cc1)C(=O)O. The lowest BCUT2D eigenvalue weighted by Crippen LogP contribution is -2.37. The number of hydrogen-bond donors (Lipinski definition) is 1. The predicted octanol–water partition coefficient (Wildman–Crippen LogP) is 4.24. The minimum Gasteiger partial charge on any atom is -0.478 e. The highest BCUT2D eigenvalue weighted by Crippen LogP contribution is 2.24. The maximum absolute atomic E-state index is 11.3. The quantitative estimate of drug-likeness (QED) is 0.370. The van der Waals surface area contributed by atoms with Crippen LogP contribution in [0.25, 0.3) is 10.9 Å². The molecule has 3 rings (SSSR count). The summed E-state index contributed by atoms with van der Waals surface area (Å²) in [6.07, 6.45) is 5.91. The summed E-state index contributed by atoms with van der Waals surface area (Å²) < 4.78 is 35.2. The van der Waals surface area contributed by atoms with E-state index in [1.807, 2.05) is 30.5 Å². The molecule has 0 unspecified atom stereocenters. The van der Waals surface area contributed by atoms with Gasteiger partial charge in [-0.05, 0) is 75.1 Å². The summed E-state index contributed by atoms with van der Waals surface area (Å²) in [7, 11) is -3.54. The molecule has 31 heavy (non-hydrogen) atoms. The Morgan fingerprint density at radius 2 is 1.71 bits per heavy atom. The third-order valence-electron chi connectivity index (χ3n) is 4.92. The molecule has 0 aliphatic carbocycles. The molecule has 0 radical (unpaired) electrons. The molecule has 0 saturated carbocycles. The van der Waals surface area contributed by atoms with Crippen molar-refractivity contribution in [1.29, 1.82) is 0 Å². The second-order valence-electron chi connectivity index (χ2n) is 8.04. The van der Waals surface area contributed by atoms with Crippen molar-refractivity contribution < 1.29 is 27.2 Å². The summed E-state index contributed by atoms with van der Waals surface area (Å²) in [6, 6.07) is 14.7. The van der Waals surface area contributed by atoms with Gasteiger partial charge in [0.2, 0.25) is 0 Å². The van der Waals surface area contributed by atoms with Gasteiger partial charge in [-0.25, -0.2) is 4.79 Å². The predicted molar refractivity (Wildman–Crippen MR) is 119 cm³/mol. The molecule has 1 heterocycles. The summed E-state index contributed by atoms with van der Waals surface area (Å²) in [6.45, 7) is 3.89. The molecule has 0 fully saturated rings. The average Bonchev–Trinajstić information content (AvgIpc) is 3.07. The van der Waals surface area contributed by atoms with E-state index in [0.717, 1.165) is 43.0 Å². The number of rotatable bonds is 10. The Balaban J connectivity index is 1.51. The molecule has 3 aromatic rings. The van der Waals surface area contributed by atoms with Gasteiger partial charge >= 0.3 is 16.1 Å². The van der Waals surface area contributed by atoms with Gasteiger partial charge in [-0.2, -0.15) is 8.42 Å². The molecular formula is C23H27NO6S. The first-order valence-electron chi connectivity index (χ1n) is 10.0. The van der Waals surface area contributed by atoms with Crippen molar-refractivity contribution in [1.82, 2.24) is 4.57 Å². The molecule has 0 aliphatic heterocycles. The van der Waals surface area contributed by atoms with Crippen LogP contribution in [0.4, 0.5) is 0 Å². The first-order chi connectivity index (χ1) is 14.5. The number of benzene rings is 2. The van der Waals surface area contributed by atoms with E-state index in [9.17, 15) is 13.2 Å². The van der Waals surface area contributed by atoms with E-state index in [0.29, 0.717) is 11.5 Å². The standard InChI is InChI=1S/C23H27NO6S/c1-23(2,22(25)26)29-19-9-7-17(8-10-19)6-4-5-14-24-15-13-18-16-20(11-12-21(18)24)30-31(3,27)28/h7-13,15-16H,4-6,14H2,1-3H3,(H,25,26). The van der Waals surface area contributed by atoms with Gasteiger partial charge in [-0.15, -0.1) is 0 Å². The molecule has 8 heteroatoms. The molecule has 0 bridgehead atoms. The Morgan fingerprint density at radius 3 is 2.35 bits per heavy atom. The Bertz CT molecular complexity index is 1160. The van der Waals surface area contributed by atoms with Gasteiger partial charge in [-0.1, -0.05) is 12.1 Å². The molecule has 7 nitrogen and oxygen atoms in total. The van der Waals surface area contributed by atoms with Crippen LogP contribution in [0.1, 0.15) is 32.3 Å². The molecule has 1 aromatic heterocycles. The lowest BCUT2D eigenvalue weighted by molar-refractivity contribution is -0.152. The maximum Gasteiger partial charge on any atom is 0.347 e. The fraction of sp³-hybridized carbons (Fsp3) is 0.348. The van der Waals surface area contributed by atoms with Crippen LogP contribution < -0.4 is 8.92 Å². The van der Waals surface area contributed by atoms with Crippen molar-refractivity contribution in [3.63, 3.8) is 0 Å². The van der Waals surface area contributed by atoms with E-state index >= 15 is 0 Å². The van der Waals surface area contributed by atoms with E-state index in [1.165, 1.54) is 19.4 Å². The zero-order valence-corrected chi connectivity index (χ0v) is 18.7. The first-order valence-corrected chi connectivity index (χ1v) is 11.8. The van der Waals surface area contributed by atoms with E-state index in [-0.39, 0.29) is 0 Å². The fourth-order valence-corrected chi connectivity index (χ4v) is 3.73. The van der Waals surface area contributed by atoms with E-state index < -0.39 is 21.7 Å². The molecule has 166 valence electrons. The van der Waals surface area contributed by atoms with Crippen molar-refractivity contribution in [3.8, 4) is 11.5 Å². The number of carbonyl (C=O) groups is 1. The number of aromatic nitrogens is 1. The number of carboxylic acids is 1. The summed E-state index contributed by atoms with van der Waals surface area (Å²) in [5.41, 5.74) is 0.933. The van der Waals surface area contributed by atoms with Crippen molar-refractivity contribution in [2.45, 2.75) is 45.3 Å². The van der Waals surface area contributed by atoms with E-state index in [4.69, 9.17) is 14.0 Å². The zero-order chi connectivity index (χ0) is 22.6. The molecule has 0 spiro atoms. The highest BCUT2D eigenvalue weighted by molar-refractivity contribution is 7.86. The molecule has 0 amide bonds. The van der Waals surface area contributed by atoms with Gasteiger partial charge in [-0.3, -0.25) is 0 Å². The summed E-state index contributed by atoms with van der Waals surface area (Å²) in [4.78, 5) is 11.2. The normalized spacial score (nSPS) is 12.1. The van der Waals surface area contributed by atoms with Gasteiger partial charge in [0.25, 0.3) is 0 Å². The van der Waals surface area contributed by atoms with Crippen molar-refractivity contribution in [2.24, 2.45) is 0 Å². The topological polar surface area (TPSA) is 94.8 Å². The number of carboxylic acid groups (broad SMARTS) is 1. The van der Waals surface area contributed by atoms with Crippen molar-refractivity contribution in [2.75, 3.05) is 6.26 Å². The first kappa shape index (κ1) is 22.7. The summed E-state index contributed by atoms with van der Waals surface area (Å²) in [5, 5.41) is 10.1. The highest BCUT2D eigenvalue weighted by atomic mass is 32.2. The van der Waals surface area contributed by atoms with Crippen molar-refractivity contribution in [3.05, 3.63) is 60.3 Å². The second-order valence-corrected chi connectivity index (χ2v) is 9.61. The number of nitrogens with zero attached hydrogens (tertiary/aromatic N) is 1. The van der Waals surface area contributed by atoms with Gasteiger partial charge in [0.1, 0.15) is 11.5 Å². The third kappa shape index (κ3) is 6.24. The minimum atomic E-state index is -3.54. The number of aryl methyl sites for hydroxylation is 2. The fourth-order valence-electron chi connectivity index (χ4n) is 3.27. The molecule has 0 atom stereocenters. The molecule has 1 N–H and O–H groups in total. The van der Waals surface area contributed by atoms with Crippen LogP contribution in [0.2, 0.25) is 0 Å². The second kappa shape index (κ2) is 9.01. The Labute approximate surface area is 182 Å². The van der Waals surface area contributed by atoms with Gasteiger partial charge in [0, 0.05) is 23.6 Å². The molecule has 0 aliphatic rings. The molecule has 0 saturated heterocycles. The summed E-state index contributed by atoms with van der Waals surface area (Å²) >= 11 is 0. The number of aliphatic carboxylic acids is 1. The van der Waals surface area contributed by atoms with Crippen LogP contribution in [0.15, 0.2) is 54.7 Å². The van der Waals surface area contributed by atoms with Crippen LogP contribution in [-0.4, -0.2) is 35.9 Å². The number of ether oxygens (including phenoxy) is 1. The minimum absolute atomic E-state index is 0.312. The lowest BCUT2D eigenvalue weighted by Gasteiger charge is -2.21. The van der Waals surface area contributed by atoms with E-state index in [2.05, 4.69) is 4.57 Å². The monoisotopic (exact) mass is 445 g/mol. The largest absolute Gasteiger partial charge is 0.478 e. The Hall–Kier alpha value is -3.00.